The summed E-state index contributed by atoms with van der Waals surface area (Å²) in [6, 6.07) is 7.52. The molecule has 0 aliphatic rings. The van der Waals surface area contributed by atoms with E-state index >= 15 is 0 Å². The van der Waals surface area contributed by atoms with Gasteiger partial charge in [0.15, 0.2) is 0 Å². The zero-order valence-electron chi connectivity index (χ0n) is 15.7. The van der Waals surface area contributed by atoms with Gasteiger partial charge in [-0.2, -0.15) is 0 Å². The number of amides is 1. The minimum absolute atomic E-state index is 0.285. The number of ether oxygens (including phenoxy) is 1. The van der Waals surface area contributed by atoms with Crippen molar-refractivity contribution in [3.8, 4) is 11.3 Å². The fourth-order valence-electron chi connectivity index (χ4n) is 2.93. The second kappa shape index (κ2) is 7.75. The monoisotopic (exact) mass is 383 g/mol. The van der Waals surface area contributed by atoms with Crippen molar-refractivity contribution in [1.29, 1.82) is 0 Å². The summed E-state index contributed by atoms with van der Waals surface area (Å²) in [5, 5.41) is 5.86. The lowest BCUT2D eigenvalue weighted by Crippen LogP contribution is -2.14. The number of aromatic amines is 1. The van der Waals surface area contributed by atoms with Gasteiger partial charge in [-0.25, -0.2) is 9.78 Å². The van der Waals surface area contributed by atoms with Crippen molar-refractivity contribution >= 4 is 28.9 Å². The van der Waals surface area contributed by atoms with Crippen molar-refractivity contribution in [3.05, 3.63) is 57.2 Å². The number of aryl methyl sites for hydroxylation is 2. The van der Waals surface area contributed by atoms with E-state index < -0.39 is 5.97 Å². The Morgan fingerprint density at radius 2 is 2.04 bits per heavy atom. The number of nitrogens with zero attached hydrogens (tertiary/aromatic N) is 1. The molecule has 0 atom stereocenters. The van der Waals surface area contributed by atoms with E-state index in [1.165, 1.54) is 0 Å². The Balaban J connectivity index is 1.84. The minimum atomic E-state index is -0.427. The van der Waals surface area contributed by atoms with E-state index in [4.69, 9.17) is 4.74 Å². The first-order chi connectivity index (χ1) is 12.9. The molecule has 1 amide bonds. The molecule has 0 radical (unpaired) electrons. The Bertz CT molecular complexity index is 1000. The van der Waals surface area contributed by atoms with Crippen molar-refractivity contribution in [2.75, 3.05) is 11.9 Å². The fourth-order valence-corrected chi connectivity index (χ4v) is 3.55. The van der Waals surface area contributed by atoms with Crippen molar-refractivity contribution < 1.29 is 14.3 Å². The first kappa shape index (κ1) is 18.8. The highest BCUT2D eigenvalue weighted by molar-refractivity contribution is 7.09. The van der Waals surface area contributed by atoms with Gasteiger partial charge in [-0.1, -0.05) is 12.1 Å². The van der Waals surface area contributed by atoms with Crippen LogP contribution in [0.3, 0.4) is 0 Å². The molecular weight excluding hydrogens is 362 g/mol. The van der Waals surface area contributed by atoms with Gasteiger partial charge in [-0.3, -0.25) is 4.79 Å². The van der Waals surface area contributed by atoms with Crippen LogP contribution in [-0.2, 0) is 4.74 Å². The zero-order chi connectivity index (χ0) is 19.6. The lowest BCUT2D eigenvalue weighted by Gasteiger charge is -2.07. The SMILES string of the molecule is CCOC(=O)c1c(C)[nH]c(C(=O)Nc2cccc(-c3csc(C)n3)c2)c1C. The molecule has 3 rings (SSSR count). The number of esters is 1. The number of benzene rings is 1. The summed E-state index contributed by atoms with van der Waals surface area (Å²) < 4.78 is 5.07. The van der Waals surface area contributed by atoms with Gasteiger partial charge in [0.2, 0.25) is 0 Å². The lowest BCUT2D eigenvalue weighted by molar-refractivity contribution is 0.0525. The topological polar surface area (TPSA) is 84.1 Å². The van der Waals surface area contributed by atoms with Gasteiger partial charge in [0.1, 0.15) is 5.69 Å². The predicted molar refractivity (Wildman–Crippen MR) is 106 cm³/mol. The molecule has 27 heavy (non-hydrogen) atoms. The number of aromatic nitrogens is 2. The van der Waals surface area contributed by atoms with E-state index in [-0.39, 0.29) is 12.5 Å². The van der Waals surface area contributed by atoms with Crippen LogP contribution in [0.2, 0.25) is 0 Å². The fraction of sp³-hybridized carbons (Fsp3) is 0.250. The van der Waals surface area contributed by atoms with Crippen LogP contribution in [0.4, 0.5) is 5.69 Å². The number of anilines is 1. The maximum absolute atomic E-state index is 12.7. The summed E-state index contributed by atoms with van der Waals surface area (Å²) >= 11 is 1.58. The first-order valence-corrected chi connectivity index (χ1v) is 9.48. The Hall–Kier alpha value is -2.93. The van der Waals surface area contributed by atoms with Gasteiger partial charge in [-0.05, 0) is 45.4 Å². The molecule has 140 valence electrons. The average molecular weight is 383 g/mol. The number of hydrogen-bond donors (Lipinski definition) is 2. The molecule has 2 aromatic heterocycles. The number of carbonyl (C=O) groups excluding carboxylic acids is 2. The molecule has 6 nitrogen and oxygen atoms in total. The van der Waals surface area contributed by atoms with Gasteiger partial charge >= 0.3 is 5.97 Å². The predicted octanol–water partition coefficient (Wildman–Crippen LogP) is 4.49. The molecule has 0 fully saturated rings. The maximum atomic E-state index is 12.7. The molecule has 2 heterocycles. The second-order valence-corrected chi connectivity index (χ2v) is 7.19. The normalized spacial score (nSPS) is 10.7. The summed E-state index contributed by atoms with van der Waals surface area (Å²) in [6.45, 7) is 7.48. The average Bonchev–Trinajstić information content (AvgIpc) is 3.18. The van der Waals surface area contributed by atoms with Crippen LogP contribution >= 0.6 is 11.3 Å². The van der Waals surface area contributed by atoms with Crippen LogP contribution in [0, 0.1) is 20.8 Å². The smallest absolute Gasteiger partial charge is 0.340 e. The standard InChI is InChI=1S/C20H21N3O3S/c1-5-26-20(25)17-11(2)18(21-12(17)3)19(24)23-15-8-6-7-14(9-15)16-10-27-13(4)22-16/h6-10,21H,5H2,1-4H3,(H,23,24). The van der Waals surface area contributed by atoms with Gasteiger partial charge in [0.05, 0.1) is 22.9 Å². The number of carbonyl (C=O) groups is 2. The number of nitrogens with one attached hydrogen (secondary N) is 2. The van der Waals surface area contributed by atoms with Crippen LogP contribution in [0.15, 0.2) is 29.6 Å². The molecule has 0 aliphatic carbocycles. The summed E-state index contributed by atoms with van der Waals surface area (Å²) in [5.74, 6) is -0.735. The van der Waals surface area contributed by atoms with E-state index in [1.54, 1.807) is 32.1 Å². The van der Waals surface area contributed by atoms with E-state index in [9.17, 15) is 9.59 Å². The number of hydrogen-bond acceptors (Lipinski definition) is 5. The molecule has 0 bridgehead atoms. The van der Waals surface area contributed by atoms with Crippen molar-refractivity contribution in [1.82, 2.24) is 9.97 Å². The lowest BCUT2D eigenvalue weighted by atomic mass is 10.1. The number of thiazole rings is 1. The highest BCUT2D eigenvalue weighted by Crippen LogP contribution is 2.25. The Labute approximate surface area is 161 Å². The van der Waals surface area contributed by atoms with Crippen LogP contribution < -0.4 is 5.32 Å². The Morgan fingerprint density at radius 1 is 1.26 bits per heavy atom. The van der Waals surface area contributed by atoms with Crippen molar-refractivity contribution in [3.63, 3.8) is 0 Å². The third-order valence-electron chi connectivity index (χ3n) is 4.18. The summed E-state index contributed by atoms with van der Waals surface area (Å²) in [4.78, 5) is 32.3. The number of rotatable bonds is 5. The summed E-state index contributed by atoms with van der Waals surface area (Å²) in [6.07, 6.45) is 0. The maximum Gasteiger partial charge on any atom is 0.340 e. The zero-order valence-corrected chi connectivity index (χ0v) is 16.5. The van der Waals surface area contributed by atoms with Gasteiger partial charge < -0.3 is 15.0 Å². The Morgan fingerprint density at radius 3 is 2.70 bits per heavy atom. The van der Waals surface area contributed by atoms with Crippen LogP contribution in [-0.4, -0.2) is 28.5 Å². The molecule has 3 aromatic rings. The van der Waals surface area contributed by atoms with E-state index in [1.807, 2.05) is 36.6 Å². The third-order valence-corrected chi connectivity index (χ3v) is 4.95. The minimum Gasteiger partial charge on any atom is -0.462 e. The highest BCUT2D eigenvalue weighted by Gasteiger charge is 2.23. The number of H-pyrrole nitrogens is 1. The molecule has 0 saturated carbocycles. The summed E-state index contributed by atoms with van der Waals surface area (Å²) in [7, 11) is 0. The molecule has 0 spiro atoms. The first-order valence-electron chi connectivity index (χ1n) is 8.61. The van der Waals surface area contributed by atoms with Gasteiger partial charge in [0, 0.05) is 22.3 Å². The van der Waals surface area contributed by atoms with Crippen LogP contribution in [0.25, 0.3) is 11.3 Å². The van der Waals surface area contributed by atoms with Crippen molar-refractivity contribution in [2.45, 2.75) is 27.7 Å². The largest absolute Gasteiger partial charge is 0.462 e. The van der Waals surface area contributed by atoms with E-state index in [0.717, 1.165) is 16.3 Å². The quantitative estimate of drug-likeness (QED) is 0.636. The van der Waals surface area contributed by atoms with Crippen LogP contribution in [0.5, 0.6) is 0 Å². The van der Waals surface area contributed by atoms with E-state index in [2.05, 4.69) is 15.3 Å². The molecule has 0 unspecified atom stereocenters. The summed E-state index contributed by atoms with van der Waals surface area (Å²) in [5.41, 5.74) is 4.43. The van der Waals surface area contributed by atoms with Crippen LogP contribution in [0.1, 0.15) is 44.0 Å². The van der Waals surface area contributed by atoms with Gasteiger partial charge in [0.25, 0.3) is 5.91 Å². The molecular formula is C20H21N3O3S. The van der Waals surface area contributed by atoms with Crippen molar-refractivity contribution in [2.24, 2.45) is 0 Å². The highest BCUT2D eigenvalue weighted by atomic mass is 32.1. The molecule has 1 aromatic carbocycles. The van der Waals surface area contributed by atoms with Gasteiger partial charge in [-0.15, -0.1) is 11.3 Å². The van der Waals surface area contributed by atoms with E-state index in [0.29, 0.717) is 28.2 Å². The Kier molecular flexibility index (Phi) is 5.41. The third kappa shape index (κ3) is 3.93. The molecule has 7 heteroatoms. The molecule has 0 saturated heterocycles. The molecule has 2 N–H and O–H groups in total. The second-order valence-electron chi connectivity index (χ2n) is 6.13. The molecule has 0 aliphatic heterocycles.